The quantitative estimate of drug-likeness (QED) is 0.545. The number of amides is 1. The first-order valence-electron chi connectivity index (χ1n) is 6.83. The molecule has 9 heteroatoms. The Morgan fingerprint density at radius 1 is 1.00 bits per heavy atom. The Morgan fingerprint density at radius 3 is 2.08 bits per heavy atom. The maximum atomic E-state index is 12.0. The van der Waals surface area contributed by atoms with Crippen molar-refractivity contribution < 1.29 is 19.4 Å². The minimum Gasteiger partial charge on any atom is -0.452 e. The van der Waals surface area contributed by atoms with Crippen molar-refractivity contribution in [1.29, 1.82) is 0 Å². The molecular weight excluding hydrogens is 412 g/mol. The van der Waals surface area contributed by atoms with Gasteiger partial charge in [0.25, 0.3) is 5.91 Å². The van der Waals surface area contributed by atoms with Gasteiger partial charge in [-0.25, -0.2) is 4.79 Å². The molecule has 0 saturated carbocycles. The summed E-state index contributed by atoms with van der Waals surface area (Å²) >= 11 is 23.7. The van der Waals surface area contributed by atoms with Crippen LogP contribution in [-0.4, -0.2) is 23.6 Å². The summed E-state index contributed by atoms with van der Waals surface area (Å²) in [5, 5.41) is 11.6. The minimum atomic E-state index is -0.694. The molecule has 0 bridgehead atoms. The molecule has 0 atom stereocenters. The average Bonchev–Trinajstić information content (AvgIpc) is 2.61. The third-order valence-corrected chi connectivity index (χ3v) is 4.66. The molecule has 5 nitrogen and oxygen atoms in total. The second-order valence-electron chi connectivity index (χ2n) is 4.82. The SMILES string of the molecule is O=C(COC(=O)c1ccc(CO)cc1)Nc1c(Cl)c(Cl)cc(Cl)c1Cl. The maximum absolute atomic E-state index is 12.0. The molecule has 0 spiro atoms. The third kappa shape index (κ3) is 5.00. The molecule has 0 fully saturated rings. The molecule has 2 aromatic rings. The number of ether oxygens (including phenoxy) is 1. The molecule has 2 N–H and O–H groups in total. The zero-order valence-electron chi connectivity index (χ0n) is 12.5. The predicted molar refractivity (Wildman–Crippen MR) is 97.8 cm³/mol. The van der Waals surface area contributed by atoms with Gasteiger partial charge in [0.05, 0.1) is 37.9 Å². The lowest BCUT2D eigenvalue weighted by Crippen LogP contribution is -2.21. The van der Waals surface area contributed by atoms with Crippen LogP contribution >= 0.6 is 46.4 Å². The largest absolute Gasteiger partial charge is 0.452 e. The number of hydrogen-bond acceptors (Lipinski definition) is 4. The number of aliphatic hydroxyl groups excluding tert-OH is 1. The van der Waals surface area contributed by atoms with E-state index in [1.165, 1.54) is 18.2 Å². The number of nitrogens with one attached hydrogen (secondary N) is 1. The topological polar surface area (TPSA) is 75.6 Å². The van der Waals surface area contributed by atoms with Gasteiger partial charge in [-0.3, -0.25) is 4.79 Å². The van der Waals surface area contributed by atoms with Gasteiger partial charge in [-0.05, 0) is 23.8 Å². The fourth-order valence-electron chi connectivity index (χ4n) is 1.82. The Bertz CT molecular complexity index is 783. The van der Waals surface area contributed by atoms with E-state index in [0.717, 1.165) is 0 Å². The molecule has 0 saturated heterocycles. The van der Waals surface area contributed by atoms with Crippen LogP contribution < -0.4 is 5.32 Å². The van der Waals surface area contributed by atoms with Gasteiger partial charge in [-0.1, -0.05) is 58.5 Å². The van der Waals surface area contributed by atoms with Gasteiger partial charge < -0.3 is 15.2 Å². The molecule has 132 valence electrons. The highest BCUT2D eigenvalue weighted by atomic mass is 35.5. The van der Waals surface area contributed by atoms with E-state index in [4.69, 9.17) is 56.2 Å². The lowest BCUT2D eigenvalue weighted by atomic mass is 10.1. The van der Waals surface area contributed by atoms with Gasteiger partial charge in [0.1, 0.15) is 0 Å². The Hall–Kier alpha value is -1.50. The van der Waals surface area contributed by atoms with Gasteiger partial charge in [-0.15, -0.1) is 0 Å². The molecule has 0 aliphatic carbocycles. The highest BCUT2D eigenvalue weighted by Crippen LogP contribution is 2.40. The second kappa shape index (κ2) is 8.74. The summed E-state index contributed by atoms with van der Waals surface area (Å²) in [5.41, 5.74) is 0.928. The summed E-state index contributed by atoms with van der Waals surface area (Å²) in [4.78, 5) is 23.8. The van der Waals surface area contributed by atoms with E-state index in [2.05, 4.69) is 5.32 Å². The number of halogens is 4. The van der Waals surface area contributed by atoms with E-state index in [1.54, 1.807) is 12.1 Å². The van der Waals surface area contributed by atoms with Crippen LogP contribution in [0.2, 0.25) is 20.1 Å². The van der Waals surface area contributed by atoms with Crippen LogP contribution in [0.15, 0.2) is 30.3 Å². The van der Waals surface area contributed by atoms with E-state index in [1.807, 2.05) is 0 Å². The first-order valence-corrected chi connectivity index (χ1v) is 8.34. The van der Waals surface area contributed by atoms with Gasteiger partial charge in [0.2, 0.25) is 0 Å². The van der Waals surface area contributed by atoms with Crippen LogP contribution in [0.25, 0.3) is 0 Å². The molecule has 0 unspecified atom stereocenters. The van der Waals surface area contributed by atoms with Crippen LogP contribution in [0.4, 0.5) is 5.69 Å². The van der Waals surface area contributed by atoms with Crippen molar-refractivity contribution in [1.82, 2.24) is 0 Å². The molecule has 0 aromatic heterocycles. The summed E-state index contributed by atoms with van der Waals surface area (Å²) in [6.45, 7) is -0.696. The zero-order chi connectivity index (χ0) is 18.6. The third-order valence-electron chi connectivity index (χ3n) is 3.08. The predicted octanol–water partition coefficient (Wildman–Crippen LogP) is 4.59. The molecule has 0 aliphatic heterocycles. The van der Waals surface area contributed by atoms with Crippen LogP contribution in [-0.2, 0) is 16.1 Å². The lowest BCUT2D eigenvalue weighted by molar-refractivity contribution is -0.119. The lowest BCUT2D eigenvalue weighted by Gasteiger charge is -2.12. The molecule has 0 aliphatic rings. The summed E-state index contributed by atoms with van der Waals surface area (Å²) in [6, 6.07) is 7.46. The smallest absolute Gasteiger partial charge is 0.338 e. The van der Waals surface area contributed by atoms with Crippen molar-refractivity contribution in [2.45, 2.75) is 6.61 Å². The summed E-state index contributed by atoms with van der Waals surface area (Å²) < 4.78 is 4.91. The Morgan fingerprint density at radius 2 is 1.56 bits per heavy atom. The van der Waals surface area contributed by atoms with Crippen LogP contribution in [0, 0.1) is 0 Å². The van der Waals surface area contributed by atoms with Crippen molar-refractivity contribution in [3.8, 4) is 0 Å². The van der Waals surface area contributed by atoms with Crippen molar-refractivity contribution in [3.05, 3.63) is 61.5 Å². The van der Waals surface area contributed by atoms with Gasteiger partial charge >= 0.3 is 5.97 Å². The van der Waals surface area contributed by atoms with Gasteiger partial charge in [-0.2, -0.15) is 0 Å². The average molecular weight is 423 g/mol. The normalized spacial score (nSPS) is 10.4. The van der Waals surface area contributed by atoms with Crippen molar-refractivity contribution >= 4 is 64.0 Å². The first kappa shape index (κ1) is 19.8. The summed E-state index contributed by atoms with van der Waals surface area (Å²) in [7, 11) is 0. The number of anilines is 1. The van der Waals surface area contributed by atoms with E-state index in [9.17, 15) is 9.59 Å². The van der Waals surface area contributed by atoms with Gasteiger partial charge in [0.15, 0.2) is 6.61 Å². The number of hydrogen-bond donors (Lipinski definition) is 2. The van der Waals surface area contributed by atoms with Crippen LogP contribution in [0.5, 0.6) is 0 Å². The molecule has 0 radical (unpaired) electrons. The van der Waals surface area contributed by atoms with Crippen LogP contribution in [0.1, 0.15) is 15.9 Å². The zero-order valence-corrected chi connectivity index (χ0v) is 15.5. The van der Waals surface area contributed by atoms with E-state index in [-0.39, 0.29) is 37.9 Å². The minimum absolute atomic E-state index is 0.0235. The van der Waals surface area contributed by atoms with E-state index < -0.39 is 18.5 Å². The number of rotatable bonds is 5. The fourth-order valence-corrected chi connectivity index (χ4v) is 2.72. The fraction of sp³-hybridized carbons (Fsp3) is 0.125. The first-order chi connectivity index (χ1) is 11.8. The molecule has 25 heavy (non-hydrogen) atoms. The number of carbonyl (C=O) groups is 2. The highest BCUT2D eigenvalue weighted by Gasteiger charge is 2.17. The monoisotopic (exact) mass is 421 g/mol. The molecule has 1 amide bonds. The van der Waals surface area contributed by atoms with Crippen molar-refractivity contribution in [3.63, 3.8) is 0 Å². The Kier molecular flexibility index (Phi) is 6.93. The number of carbonyl (C=O) groups excluding carboxylic acids is 2. The maximum Gasteiger partial charge on any atom is 0.338 e. The van der Waals surface area contributed by atoms with Crippen LogP contribution in [0.3, 0.4) is 0 Å². The van der Waals surface area contributed by atoms with E-state index in [0.29, 0.717) is 5.56 Å². The molecular formula is C16H11Cl4NO4. The van der Waals surface area contributed by atoms with Crippen molar-refractivity contribution in [2.75, 3.05) is 11.9 Å². The number of aliphatic hydroxyl groups is 1. The molecule has 2 aromatic carbocycles. The molecule has 2 rings (SSSR count). The Balaban J connectivity index is 2.00. The summed E-state index contributed by atoms with van der Waals surface area (Å²) in [6.07, 6.45) is 0. The Labute approximate surface area is 163 Å². The summed E-state index contributed by atoms with van der Waals surface area (Å²) in [5.74, 6) is -1.36. The number of esters is 1. The van der Waals surface area contributed by atoms with Crippen molar-refractivity contribution in [2.24, 2.45) is 0 Å². The van der Waals surface area contributed by atoms with E-state index >= 15 is 0 Å². The number of benzene rings is 2. The van der Waals surface area contributed by atoms with Gasteiger partial charge in [0, 0.05) is 0 Å². The highest BCUT2D eigenvalue weighted by molar-refractivity contribution is 6.50. The standard InChI is InChI=1S/C16H11Cl4NO4/c17-10-5-11(18)14(20)15(13(10)19)21-12(23)7-25-16(24)9-3-1-8(6-22)2-4-9/h1-5,22H,6-7H2,(H,21,23). The molecule has 0 heterocycles. The second-order valence-corrected chi connectivity index (χ2v) is 6.39.